The molecule has 2 fully saturated rings. The molecule has 1 aromatic rings. The van der Waals surface area contributed by atoms with Gasteiger partial charge < -0.3 is 4.90 Å². The molecule has 7 heteroatoms. The molecule has 0 aliphatic carbocycles. The first-order chi connectivity index (χ1) is 10.4. The van der Waals surface area contributed by atoms with Crippen LogP contribution in [0.2, 0.25) is 0 Å². The van der Waals surface area contributed by atoms with E-state index in [0.717, 1.165) is 30.9 Å². The highest BCUT2D eigenvalue weighted by Crippen LogP contribution is 2.29. The second-order valence-electron chi connectivity index (χ2n) is 6.03. The second kappa shape index (κ2) is 5.98. The van der Waals surface area contributed by atoms with Crippen molar-refractivity contribution in [1.29, 1.82) is 0 Å². The van der Waals surface area contributed by atoms with Crippen LogP contribution in [0.15, 0.2) is 24.3 Å². The lowest BCUT2D eigenvalue weighted by molar-refractivity contribution is -0.117. The van der Waals surface area contributed by atoms with Crippen LogP contribution in [-0.2, 0) is 21.4 Å². The zero-order chi connectivity index (χ0) is 15.7. The molecule has 1 unspecified atom stereocenters. The van der Waals surface area contributed by atoms with Gasteiger partial charge in [-0.2, -0.15) is 0 Å². The van der Waals surface area contributed by atoms with E-state index in [-0.39, 0.29) is 18.9 Å². The van der Waals surface area contributed by atoms with Crippen LogP contribution in [0, 0.1) is 0 Å². The summed E-state index contributed by atoms with van der Waals surface area (Å²) >= 11 is 0. The maximum atomic E-state index is 12.2. The number of hydrogen-bond donors (Lipinski definition) is 1. The van der Waals surface area contributed by atoms with E-state index >= 15 is 0 Å². The normalized spacial score (nSPS) is 23.4. The zero-order valence-corrected chi connectivity index (χ0v) is 13.3. The number of nitrogens with zero attached hydrogens (tertiary/aromatic N) is 2. The average Bonchev–Trinajstić information content (AvgIpc) is 3.08. The predicted octanol–water partition coefficient (Wildman–Crippen LogP) is 0.676. The Morgan fingerprint density at radius 3 is 2.50 bits per heavy atom. The van der Waals surface area contributed by atoms with Crippen LogP contribution in [-0.4, -0.2) is 44.1 Å². The number of nitrogens with two attached hydrogens (primary N) is 1. The van der Waals surface area contributed by atoms with E-state index in [1.807, 2.05) is 24.3 Å². The summed E-state index contributed by atoms with van der Waals surface area (Å²) in [6, 6.07) is 7.72. The number of carbonyl (C=O) groups is 1. The van der Waals surface area contributed by atoms with Crippen LogP contribution in [0.4, 0.5) is 5.69 Å². The van der Waals surface area contributed by atoms with Crippen molar-refractivity contribution in [3.05, 3.63) is 29.8 Å². The van der Waals surface area contributed by atoms with Gasteiger partial charge >= 0.3 is 0 Å². The Kier molecular flexibility index (Phi) is 4.20. The van der Waals surface area contributed by atoms with Gasteiger partial charge in [-0.3, -0.25) is 9.69 Å². The van der Waals surface area contributed by atoms with Gasteiger partial charge in [0.2, 0.25) is 15.9 Å². The van der Waals surface area contributed by atoms with Gasteiger partial charge in [0.15, 0.2) is 0 Å². The third-order valence-corrected chi connectivity index (χ3v) is 5.67. The van der Waals surface area contributed by atoms with Gasteiger partial charge in [0.1, 0.15) is 5.25 Å². The smallest absolute Gasteiger partial charge is 0.228 e. The fourth-order valence-corrected chi connectivity index (χ4v) is 3.95. The molecule has 2 N–H and O–H groups in total. The molecule has 120 valence electrons. The number of primary sulfonamides is 1. The Hall–Kier alpha value is -1.44. The van der Waals surface area contributed by atoms with Crippen molar-refractivity contribution in [2.45, 2.75) is 31.1 Å². The molecule has 0 spiro atoms. The van der Waals surface area contributed by atoms with E-state index in [1.54, 1.807) is 4.90 Å². The standard InChI is InChI=1S/C15H21N3O3S/c16-22(20,21)13-9-15(19)18(11-13)14-6-2-1-5-12(14)10-17-7-3-4-8-17/h1-2,5-6,13H,3-4,7-11H2,(H2,16,20,21). The summed E-state index contributed by atoms with van der Waals surface area (Å²) in [7, 11) is -3.68. The zero-order valence-electron chi connectivity index (χ0n) is 12.4. The third-order valence-electron chi connectivity index (χ3n) is 4.43. The molecule has 2 heterocycles. The molecule has 0 saturated carbocycles. The summed E-state index contributed by atoms with van der Waals surface area (Å²) in [5.74, 6) is -0.173. The van der Waals surface area contributed by atoms with Crippen LogP contribution in [0.3, 0.4) is 0 Å². The largest absolute Gasteiger partial charge is 0.311 e. The van der Waals surface area contributed by atoms with Crippen molar-refractivity contribution in [2.75, 3.05) is 24.5 Å². The number of likely N-dealkylation sites (tertiary alicyclic amines) is 1. The average molecular weight is 323 g/mol. The van der Waals surface area contributed by atoms with Crippen molar-refractivity contribution in [3.63, 3.8) is 0 Å². The number of benzene rings is 1. The third kappa shape index (κ3) is 3.16. The van der Waals surface area contributed by atoms with Gasteiger partial charge in [0, 0.05) is 25.2 Å². The molecular formula is C15H21N3O3S. The Morgan fingerprint density at radius 1 is 1.18 bits per heavy atom. The monoisotopic (exact) mass is 323 g/mol. The number of anilines is 1. The van der Waals surface area contributed by atoms with Crippen LogP contribution in [0.25, 0.3) is 0 Å². The van der Waals surface area contributed by atoms with Gasteiger partial charge in [-0.05, 0) is 37.6 Å². The first-order valence-electron chi connectivity index (χ1n) is 7.57. The summed E-state index contributed by atoms with van der Waals surface area (Å²) in [6.45, 7) is 3.08. The number of sulfonamides is 1. The SMILES string of the molecule is NS(=O)(=O)C1CC(=O)N(c2ccccc2CN2CCCC2)C1. The van der Waals surface area contributed by atoms with Crippen LogP contribution in [0.5, 0.6) is 0 Å². The molecular weight excluding hydrogens is 302 g/mol. The maximum absolute atomic E-state index is 12.2. The highest BCUT2D eigenvalue weighted by molar-refractivity contribution is 7.89. The van der Waals surface area contributed by atoms with Crippen molar-refractivity contribution in [2.24, 2.45) is 5.14 Å². The van der Waals surface area contributed by atoms with Gasteiger partial charge in [-0.25, -0.2) is 13.6 Å². The Labute approximate surface area is 130 Å². The molecule has 0 bridgehead atoms. The van der Waals surface area contributed by atoms with Gasteiger partial charge in [-0.15, -0.1) is 0 Å². The summed E-state index contributed by atoms with van der Waals surface area (Å²) < 4.78 is 23.0. The minimum absolute atomic E-state index is 0.0309. The molecule has 2 aliphatic heterocycles. The van der Waals surface area contributed by atoms with Crippen LogP contribution < -0.4 is 10.0 Å². The number of rotatable bonds is 4. The summed E-state index contributed by atoms with van der Waals surface area (Å²) in [5.41, 5.74) is 1.87. The molecule has 2 aliphatic rings. The quantitative estimate of drug-likeness (QED) is 0.883. The molecule has 3 rings (SSSR count). The Balaban J connectivity index is 1.84. The minimum atomic E-state index is -3.68. The minimum Gasteiger partial charge on any atom is -0.311 e. The van der Waals surface area contributed by atoms with E-state index in [2.05, 4.69) is 4.90 Å². The number of para-hydroxylation sites is 1. The molecule has 2 saturated heterocycles. The Morgan fingerprint density at radius 2 is 1.86 bits per heavy atom. The van der Waals surface area contributed by atoms with E-state index in [9.17, 15) is 13.2 Å². The summed E-state index contributed by atoms with van der Waals surface area (Å²) in [4.78, 5) is 16.1. The van der Waals surface area contributed by atoms with E-state index in [4.69, 9.17) is 5.14 Å². The number of carbonyl (C=O) groups excluding carboxylic acids is 1. The first kappa shape index (κ1) is 15.5. The van der Waals surface area contributed by atoms with E-state index in [1.165, 1.54) is 12.8 Å². The van der Waals surface area contributed by atoms with Gasteiger partial charge in [-0.1, -0.05) is 18.2 Å². The lowest BCUT2D eigenvalue weighted by atomic mass is 10.1. The van der Waals surface area contributed by atoms with Crippen molar-refractivity contribution in [1.82, 2.24) is 4.90 Å². The lowest BCUT2D eigenvalue weighted by Crippen LogP contribution is -2.32. The molecule has 0 radical (unpaired) electrons. The van der Waals surface area contributed by atoms with Gasteiger partial charge in [0.05, 0.1) is 0 Å². The topological polar surface area (TPSA) is 83.7 Å². The predicted molar refractivity (Wildman–Crippen MR) is 84.8 cm³/mol. The highest BCUT2D eigenvalue weighted by Gasteiger charge is 2.37. The first-order valence-corrected chi connectivity index (χ1v) is 9.18. The molecule has 0 aromatic heterocycles. The molecule has 22 heavy (non-hydrogen) atoms. The molecule has 6 nitrogen and oxygen atoms in total. The fourth-order valence-electron chi connectivity index (χ4n) is 3.22. The fraction of sp³-hybridized carbons (Fsp3) is 0.533. The molecule has 1 atom stereocenters. The van der Waals surface area contributed by atoms with Gasteiger partial charge in [0.25, 0.3) is 0 Å². The highest BCUT2D eigenvalue weighted by atomic mass is 32.2. The lowest BCUT2D eigenvalue weighted by Gasteiger charge is -2.23. The molecule has 1 amide bonds. The van der Waals surface area contributed by atoms with E-state index < -0.39 is 15.3 Å². The van der Waals surface area contributed by atoms with Crippen molar-refractivity contribution >= 4 is 21.6 Å². The van der Waals surface area contributed by atoms with E-state index in [0.29, 0.717) is 0 Å². The van der Waals surface area contributed by atoms with Crippen molar-refractivity contribution < 1.29 is 13.2 Å². The van der Waals surface area contributed by atoms with Crippen molar-refractivity contribution in [3.8, 4) is 0 Å². The van der Waals surface area contributed by atoms with Crippen LogP contribution in [0.1, 0.15) is 24.8 Å². The summed E-state index contributed by atoms with van der Waals surface area (Å²) in [6.07, 6.45) is 2.38. The molecule has 1 aromatic carbocycles. The van der Waals surface area contributed by atoms with Crippen LogP contribution >= 0.6 is 0 Å². The second-order valence-corrected chi connectivity index (χ2v) is 7.88. The Bertz CT molecular complexity index is 668. The maximum Gasteiger partial charge on any atom is 0.228 e. The summed E-state index contributed by atoms with van der Waals surface area (Å²) in [5, 5.41) is 4.39. The number of amides is 1. The number of hydrogen-bond acceptors (Lipinski definition) is 4.